The fraction of sp³-hybridized carbons (Fsp3) is 0.750. The molecular weight excluding hydrogens is 150 g/mol. The zero-order valence-corrected chi connectivity index (χ0v) is 8.57. The van der Waals surface area contributed by atoms with Crippen LogP contribution in [0.1, 0.15) is 14.8 Å². The van der Waals surface area contributed by atoms with Gasteiger partial charge in [-0.05, 0) is 6.42 Å². The van der Waals surface area contributed by atoms with Crippen LogP contribution in [0.15, 0.2) is 0 Å². The summed E-state index contributed by atoms with van der Waals surface area (Å²) in [6.45, 7) is 1.81. The van der Waals surface area contributed by atoms with E-state index in [2.05, 4.69) is 0 Å². The third-order valence-electron chi connectivity index (χ3n) is 0.805. The smallest absolute Gasteiger partial charge is 1.00 e. The van der Waals surface area contributed by atoms with Crippen LogP contribution in [-0.4, -0.2) is 11.9 Å². The Balaban J connectivity index is -0.0000000600. The molecule has 0 saturated carbocycles. The Morgan fingerprint density at radius 2 is 2.11 bits per heavy atom. The average Bonchev–Trinajstić information content (AvgIpc) is 1.65. The summed E-state index contributed by atoms with van der Waals surface area (Å²) in [6, 6.07) is -0.458. The Bertz CT molecular complexity index is 85.7. The van der Waals surface area contributed by atoms with E-state index in [4.69, 9.17) is 11.5 Å². The van der Waals surface area contributed by atoms with Gasteiger partial charge in [-0.25, -0.2) is 0 Å². The van der Waals surface area contributed by atoms with Gasteiger partial charge in [0, 0.05) is 0 Å². The fourth-order valence-corrected chi connectivity index (χ4v) is 0.201. The van der Waals surface area contributed by atoms with Crippen molar-refractivity contribution < 1.29 is 35.8 Å². The summed E-state index contributed by atoms with van der Waals surface area (Å²) >= 11 is 0. The maximum Gasteiger partial charge on any atom is 1.00 e. The van der Waals surface area contributed by atoms with E-state index < -0.39 is 11.9 Å². The van der Waals surface area contributed by atoms with Crippen LogP contribution >= 0.6 is 12.4 Å². The van der Waals surface area contributed by atoms with Crippen LogP contribution in [-0.2, 0) is 4.79 Å². The van der Waals surface area contributed by atoms with Gasteiger partial charge in [-0.3, -0.25) is 4.79 Å². The summed E-state index contributed by atoms with van der Waals surface area (Å²) in [5.41, 5.74) is 9.92. The molecule has 4 N–H and O–H groups in total. The molecule has 52 valence electrons. The molecule has 0 unspecified atom stereocenters. The molecular formula is C4H12ClN2NaO. The molecule has 0 aliphatic rings. The van der Waals surface area contributed by atoms with E-state index in [0.717, 1.165) is 0 Å². The molecule has 5 heteroatoms. The molecule has 0 aliphatic heterocycles. The number of halogens is 1. The number of amides is 1. The van der Waals surface area contributed by atoms with Gasteiger partial charge in [0.25, 0.3) is 0 Å². The van der Waals surface area contributed by atoms with Gasteiger partial charge in [-0.2, -0.15) is 0 Å². The van der Waals surface area contributed by atoms with Crippen molar-refractivity contribution in [2.24, 2.45) is 11.5 Å². The zero-order chi connectivity index (χ0) is 5.86. The van der Waals surface area contributed by atoms with E-state index in [1.165, 1.54) is 0 Å². The van der Waals surface area contributed by atoms with Gasteiger partial charge in [-0.1, -0.05) is 6.92 Å². The maximum atomic E-state index is 10.0. The van der Waals surface area contributed by atoms with Gasteiger partial charge in [-0.15, -0.1) is 12.4 Å². The van der Waals surface area contributed by atoms with E-state index in [1.54, 1.807) is 0 Å². The van der Waals surface area contributed by atoms with Crippen molar-refractivity contribution in [2.45, 2.75) is 19.4 Å². The Morgan fingerprint density at radius 1 is 1.78 bits per heavy atom. The summed E-state index contributed by atoms with van der Waals surface area (Å²) in [4.78, 5) is 10.0. The van der Waals surface area contributed by atoms with Gasteiger partial charge < -0.3 is 12.9 Å². The Labute approximate surface area is 84.7 Å². The van der Waals surface area contributed by atoms with Crippen molar-refractivity contribution in [2.75, 3.05) is 0 Å². The van der Waals surface area contributed by atoms with Gasteiger partial charge >= 0.3 is 29.6 Å². The molecule has 0 bridgehead atoms. The first-order chi connectivity index (χ1) is 3.18. The summed E-state index contributed by atoms with van der Waals surface area (Å²) in [7, 11) is 0. The quantitative estimate of drug-likeness (QED) is 0.419. The minimum atomic E-state index is -0.458. The molecule has 0 fully saturated rings. The molecule has 3 nitrogen and oxygen atoms in total. The molecule has 1 atom stereocenters. The Morgan fingerprint density at radius 3 is 2.11 bits per heavy atom. The topological polar surface area (TPSA) is 69.1 Å². The minimum Gasteiger partial charge on any atom is -1.00 e. The largest absolute Gasteiger partial charge is 1.00 e. The number of hydrogen-bond donors (Lipinski definition) is 2. The van der Waals surface area contributed by atoms with Crippen LogP contribution in [0, 0.1) is 0 Å². The van der Waals surface area contributed by atoms with E-state index in [0.29, 0.717) is 6.42 Å². The van der Waals surface area contributed by atoms with Crippen LogP contribution in [0.3, 0.4) is 0 Å². The molecule has 0 rings (SSSR count). The van der Waals surface area contributed by atoms with E-state index >= 15 is 0 Å². The van der Waals surface area contributed by atoms with Gasteiger partial charge in [0.1, 0.15) is 0 Å². The number of primary amides is 1. The van der Waals surface area contributed by atoms with Crippen LogP contribution in [0.2, 0.25) is 0 Å². The minimum absolute atomic E-state index is 0. The molecule has 0 aliphatic carbocycles. The molecule has 1 amide bonds. The Hall–Kier alpha value is 0.720. The SMILES string of the molecule is CC[C@H](N)C(N)=O.Cl.[H-].[Na+]. The second-order valence-electron chi connectivity index (χ2n) is 1.42. The average molecular weight is 163 g/mol. The summed E-state index contributed by atoms with van der Waals surface area (Å²) < 4.78 is 0. The predicted molar refractivity (Wildman–Crippen MR) is 35.8 cm³/mol. The van der Waals surface area contributed by atoms with E-state index in [1.807, 2.05) is 6.92 Å². The van der Waals surface area contributed by atoms with Crippen molar-refractivity contribution in [3.63, 3.8) is 0 Å². The second-order valence-corrected chi connectivity index (χ2v) is 1.42. The van der Waals surface area contributed by atoms with Crippen molar-refractivity contribution in [3.05, 3.63) is 0 Å². The molecule has 0 saturated heterocycles. The number of nitrogens with two attached hydrogens (primary N) is 2. The summed E-state index contributed by atoms with van der Waals surface area (Å²) in [6.07, 6.45) is 0.620. The number of hydrogen-bond acceptors (Lipinski definition) is 2. The normalized spacial score (nSPS) is 10.4. The number of carbonyl (C=O) groups excluding carboxylic acids is 1. The molecule has 0 heterocycles. The number of rotatable bonds is 2. The second kappa shape index (κ2) is 8.72. The first-order valence-corrected chi connectivity index (χ1v) is 2.23. The van der Waals surface area contributed by atoms with Crippen molar-refractivity contribution in [3.8, 4) is 0 Å². The molecule has 0 spiro atoms. The third-order valence-corrected chi connectivity index (χ3v) is 0.805. The van der Waals surface area contributed by atoms with Crippen LogP contribution in [0.4, 0.5) is 0 Å². The zero-order valence-electron chi connectivity index (χ0n) is 6.76. The van der Waals surface area contributed by atoms with Crippen molar-refractivity contribution in [1.29, 1.82) is 0 Å². The monoisotopic (exact) mass is 162 g/mol. The van der Waals surface area contributed by atoms with E-state index in [-0.39, 0.29) is 43.4 Å². The van der Waals surface area contributed by atoms with Gasteiger partial charge in [0.15, 0.2) is 0 Å². The molecule has 0 aromatic carbocycles. The van der Waals surface area contributed by atoms with E-state index in [9.17, 15) is 4.79 Å². The van der Waals surface area contributed by atoms with Crippen LogP contribution in [0.25, 0.3) is 0 Å². The fourth-order valence-electron chi connectivity index (χ4n) is 0.201. The molecule has 0 aromatic rings. The molecule has 0 radical (unpaired) electrons. The van der Waals surface area contributed by atoms with Crippen molar-refractivity contribution in [1.82, 2.24) is 0 Å². The number of carbonyl (C=O) groups is 1. The van der Waals surface area contributed by atoms with Gasteiger partial charge in [0.2, 0.25) is 5.91 Å². The maximum absolute atomic E-state index is 10.0. The summed E-state index contributed by atoms with van der Waals surface area (Å²) in [5.74, 6) is -0.428. The molecule has 0 aromatic heterocycles. The van der Waals surface area contributed by atoms with Gasteiger partial charge in [0.05, 0.1) is 6.04 Å². The molecule has 9 heavy (non-hydrogen) atoms. The third kappa shape index (κ3) is 8.72. The first kappa shape index (κ1) is 16.4. The van der Waals surface area contributed by atoms with Crippen LogP contribution in [0.5, 0.6) is 0 Å². The standard InChI is InChI=1S/C4H10N2O.ClH.Na.H/c1-2-3(5)4(6)7;;;/h3H,2,5H2,1H3,(H2,6,7);1H;;/q;;+1;-1/t3-;;;/m0.../s1. The first-order valence-electron chi connectivity index (χ1n) is 2.23. The van der Waals surface area contributed by atoms with Crippen LogP contribution < -0.4 is 41.0 Å². The van der Waals surface area contributed by atoms with Crippen molar-refractivity contribution >= 4 is 18.3 Å². The Kier molecular flexibility index (Phi) is 15.9. The predicted octanol–water partition coefficient (Wildman–Crippen LogP) is -3.25. The summed E-state index contributed by atoms with van der Waals surface area (Å²) in [5, 5.41) is 0.